The first-order chi connectivity index (χ1) is 18.0. The van der Waals surface area contributed by atoms with Crippen LogP contribution in [0.25, 0.3) is 0 Å². The Bertz CT molecular complexity index is 1100. The Labute approximate surface area is 215 Å². The number of aliphatic hydroxyl groups excluding tert-OH is 4. The number of rotatable bonds is 8. The zero-order valence-corrected chi connectivity index (χ0v) is 19.8. The highest BCUT2D eigenvalue weighted by atomic mass is 16.8. The minimum Gasteiger partial charge on any atom is -0.507 e. The largest absolute Gasteiger partial charge is 0.507 e. The highest BCUT2D eigenvalue weighted by molar-refractivity contribution is 5.95. The first-order valence-electron chi connectivity index (χ1n) is 11.8. The number of aliphatic carboxylic acids is 1. The Hall–Kier alpha value is -3.27. The number of phenols is 1. The zero-order chi connectivity index (χ0) is 27.7. The molecule has 1 aromatic carbocycles. The number of carbonyl (C=O) groups excluding carboxylic acids is 1. The molecule has 3 aliphatic rings. The van der Waals surface area contributed by atoms with Gasteiger partial charge in [0.25, 0.3) is 0 Å². The van der Waals surface area contributed by atoms with Crippen molar-refractivity contribution in [3.8, 4) is 5.75 Å². The van der Waals surface area contributed by atoms with Crippen molar-refractivity contribution in [1.29, 1.82) is 0 Å². The number of esters is 1. The predicted octanol–water partition coefficient (Wildman–Crippen LogP) is -0.969. The number of aromatic hydroxyl groups is 1. The van der Waals surface area contributed by atoms with Gasteiger partial charge in [0.05, 0.1) is 30.6 Å². The normalized spacial score (nSPS) is 34.5. The van der Waals surface area contributed by atoms with E-state index in [-0.39, 0.29) is 23.3 Å². The lowest BCUT2D eigenvalue weighted by molar-refractivity contribution is -0.342. The number of carboxylic acids is 2. The molecular formula is C24H28O14. The molecule has 0 radical (unpaired) electrons. The minimum atomic E-state index is -1.71. The second kappa shape index (κ2) is 11.2. The van der Waals surface area contributed by atoms with E-state index < -0.39 is 85.0 Å². The average Bonchev–Trinajstić information content (AvgIpc) is 3.31. The van der Waals surface area contributed by atoms with Crippen LogP contribution in [0.5, 0.6) is 5.75 Å². The third-order valence-corrected chi connectivity index (χ3v) is 7.16. The quantitative estimate of drug-likeness (QED) is 0.197. The summed E-state index contributed by atoms with van der Waals surface area (Å²) in [4.78, 5) is 35.4. The first kappa shape index (κ1) is 27.8. The predicted molar refractivity (Wildman–Crippen MR) is 120 cm³/mol. The van der Waals surface area contributed by atoms with E-state index >= 15 is 0 Å². The molecule has 2 fully saturated rings. The van der Waals surface area contributed by atoms with Crippen molar-refractivity contribution in [3.05, 3.63) is 41.2 Å². The van der Waals surface area contributed by atoms with Crippen LogP contribution in [0, 0.1) is 17.8 Å². The van der Waals surface area contributed by atoms with Crippen LogP contribution in [-0.2, 0) is 23.7 Å². The van der Waals surface area contributed by atoms with Gasteiger partial charge in [-0.15, -0.1) is 0 Å². The molecule has 0 amide bonds. The van der Waals surface area contributed by atoms with Crippen molar-refractivity contribution in [2.24, 2.45) is 17.8 Å². The summed E-state index contributed by atoms with van der Waals surface area (Å²) in [6.07, 6.45) is -7.20. The van der Waals surface area contributed by atoms with Gasteiger partial charge in [-0.05, 0) is 31.0 Å². The number of carboxylic acid groups (broad SMARTS) is 2. The summed E-state index contributed by atoms with van der Waals surface area (Å²) in [5, 5.41) is 68.5. The molecule has 9 unspecified atom stereocenters. The van der Waals surface area contributed by atoms with Crippen LogP contribution < -0.4 is 0 Å². The molecule has 9 atom stereocenters. The number of aliphatic hydroxyl groups is 4. The smallest absolute Gasteiger partial charge is 0.341 e. The Morgan fingerprint density at radius 1 is 0.974 bits per heavy atom. The Morgan fingerprint density at radius 3 is 2.34 bits per heavy atom. The Balaban J connectivity index is 1.50. The molecule has 14 heteroatoms. The van der Waals surface area contributed by atoms with Crippen molar-refractivity contribution >= 4 is 17.9 Å². The monoisotopic (exact) mass is 540 g/mol. The van der Waals surface area contributed by atoms with Crippen LogP contribution >= 0.6 is 0 Å². The van der Waals surface area contributed by atoms with Gasteiger partial charge in [-0.25, -0.2) is 14.4 Å². The van der Waals surface area contributed by atoms with Crippen LogP contribution in [0.2, 0.25) is 0 Å². The van der Waals surface area contributed by atoms with E-state index in [1.165, 1.54) is 0 Å². The van der Waals surface area contributed by atoms with Crippen LogP contribution in [0.15, 0.2) is 30.0 Å². The number of hydrogen-bond donors (Lipinski definition) is 7. The third-order valence-electron chi connectivity index (χ3n) is 7.16. The highest BCUT2D eigenvalue weighted by Crippen LogP contribution is 2.47. The van der Waals surface area contributed by atoms with Crippen molar-refractivity contribution < 1.29 is 69.1 Å². The van der Waals surface area contributed by atoms with Crippen LogP contribution in [0.4, 0.5) is 0 Å². The standard InChI is InChI=1S/C24H28O14/c25-6-15-17(27)18(28)19(29)24(37-15)38-23-16-10(2-3-11(16)13(8-36-23)21(32)33)7-35-22(34)12-4-1-9(20(30)31)5-14(12)26/h1,4-5,8,10-11,15-19,23-29H,2-3,6-7H2,(H,30,31)(H,32,33). The van der Waals surface area contributed by atoms with E-state index in [9.17, 15) is 45.0 Å². The van der Waals surface area contributed by atoms with Crippen molar-refractivity contribution in [2.45, 2.75) is 49.8 Å². The molecule has 0 spiro atoms. The van der Waals surface area contributed by atoms with Gasteiger partial charge in [-0.1, -0.05) is 0 Å². The molecule has 1 saturated carbocycles. The maximum atomic E-state index is 12.6. The second-order valence-corrected chi connectivity index (χ2v) is 9.37. The van der Waals surface area contributed by atoms with Crippen LogP contribution in [0.1, 0.15) is 33.6 Å². The lowest BCUT2D eigenvalue weighted by Gasteiger charge is -2.43. The summed E-state index contributed by atoms with van der Waals surface area (Å²) in [6, 6.07) is 3.15. The van der Waals surface area contributed by atoms with Gasteiger partial charge in [0, 0.05) is 17.8 Å². The molecular weight excluding hydrogens is 512 g/mol. The van der Waals surface area contributed by atoms with Gasteiger partial charge in [-0.3, -0.25) is 0 Å². The zero-order valence-electron chi connectivity index (χ0n) is 19.8. The number of carbonyl (C=O) groups is 3. The first-order valence-corrected chi connectivity index (χ1v) is 11.8. The molecule has 1 aliphatic carbocycles. The van der Waals surface area contributed by atoms with Gasteiger partial charge in [0.1, 0.15) is 35.7 Å². The molecule has 0 bridgehead atoms. The lowest BCUT2D eigenvalue weighted by Crippen LogP contribution is -2.60. The molecule has 7 N–H and O–H groups in total. The average molecular weight is 540 g/mol. The molecule has 38 heavy (non-hydrogen) atoms. The van der Waals surface area contributed by atoms with E-state index in [1.807, 2.05) is 0 Å². The summed E-state index contributed by atoms with van der Waals surface area (Å²) in [7, 11) is 0. The van der Waals surface area contributed by atoms with E-state index in [1.54, 1.807) is 0 Å². The maximum absolute atomic E-state index is 12.6. The van der Waals surface area contributed by atoms with Gasteiger partial charge in [0.2, 0.25) is 6.29 Å². The SMILES string of the molecule is O=C(O)C1=COC(OC2OC(CO)C(O)C(O)C2O)C2C(COC(=O)c3ccc(C(=O)O)cc3O)CCC12. The molecule has 14 nitrogen and oxygen atoms in total. The molecule has 2 aliphatic heterocycles. The van der Waals surface area contributed by atoms with Gasteiger partial charge >= 0.3 is 17.9 Å². The molecule has 2 heterocycles. The van der Waals surface area contributed by atoms with E-state index in [2.05, 4.69) is 0 Å². The third kappa shape index (κ3) is 5.32. The Kier molecular flexibility index (Phi) is 8.20. The van der Waals surface area contributed by atoms with Crippen LogP contribution in [0.3, 0.4) is 0 Å². The van der Waals surface area contributed by atoms with E-state index in [4.69, 9.17) is 24.1 Å². The summed E-state index contributed by atoms with van der Waals surface area (Å²) in [5.41, 5.74) is -0.512. The van der Waals surface area contributed by atoms with E-state index in [0.717, 1.165) is 24.5 Å². The molecule has 0 aromatic heterocycles. The number of hydrogen-bond acceptors (Lipinski definition) is 12. The fourth-order valence-corrected chi connectivity index (χ4v) is 5.14. The van der Waals surface area contributed by atoms with Gasteiger partial charge < -0.3 is 54.7 Å². The summed E-state index contributed by atoms with van der Waals surface area (Å²) in [5.74, 6) is -5.80. The summed E-state index contributed by atoms with van der Waals surface area (Å²) in [6.45, 7) is -0.908. The second-order valence-electron chi connectivity index (χ2n) is 9.37. The van der Waals surface area contributed by atoms with Crippen molar-refractivity contribution in [3.63, 3.8) is 0 Å². The van der Waals surface area contributed by atoms with Crippen LogP contribution in [-0.4, -0.2) is 104 Å². The number of phenolic OH excluding ortho intramolecular Hbond substituents is 1. The maximum Gasteiger partial charge on any atom is 0.341 e. The topological polar surface area (TPSA) is 230 Å². The van der Waals surface area contributed by atoms with E-state index in [0.29, 0.717) is 12.8 Å². The molecule has 4 rings (SSSR count). The molecule has 1 saturated heterocycles. The van der Waals surface area contributed by atoms with Crippen molar-refractivity contribution in [2.75, 3.05) is 13.2 Å². The fraction of sp³-hybridized carbons (Fsp3) is 0.542. The minimum absolute atomic E-state index is 0.0283. The van der Waals surface area contributed by atoms with Crippen molar-refractivity contribution in [1.82, 2.24) is 0 Å². The molecule has 208 valence electrons. The number of benzene rings is 1. The summed E-state index contributed by atoms with van der Waals surface area (Å²) >= 11 is 0. The number of ether oxygens (including phenoxy) is 4. The summed E-state index contributed by atoms with van der Waals surface area (Å²) < 4.78 is 22.0. The number of aromatic carboxylic acids is 1. The fourth-order valence-electron chi connectivity index (χ4n) is 5.14. The van der Waals surface area contributed by atoms with Gasteiger partial charge in [0.15, 0.2) is 6.29 Å². The highest BCUT2D eigenvalue weighted by Gasteiger charge is 2.52. The lowest BCUT2D eigenvalue weighted by atomic mass is 9.83. The Morgan fingerprint density at radius 2 is 1.71 bits per heavy atom. The number of fused-ring (bicyclic) bond motifs is 1. The van der Waals surface area contributed by atoms with Gasteiger partial charge in [-0.2, -0.15) is 0 Å². The molecule has 1 aromatic rings.